The van der Waals surface area contributed by atoms with E-state index in [0.717, 1.165) is 25.7 Å². The Balaban J connectivity index is 1.95. The van der Waals surface area contributed by atoms with Crippen molar-refractivity contribution in [1.29, 1.82) is 0 Å². The Hall–Kier alpha value is -2.17. The van der Waals surface area contributed by atoms with Crippen LogP contribution in [0.25, 0.3) is 0 Å². The Morgan fingerprint density at radius 1 is 0.900 bits per heavy atom. The van der Waals surface area contributed by atoms with Gasteiger partial charge in [0, 0.05) is 12.5 Å². The summed E-state index contributed by atoms with van der Waals surface area (Å²) < 4.78 is 5.19. The molecule has 0 spiro atoms. The highest BCUT2D eigenvalue weighted by atomic mass is 16.6. The standard InChI is InChI=1S/C25H39NO4/c1-2-3-4-5-6-7-8-9-10-11-12-13-14-15-16-21-25(27)30-22-23-19-17-18-20-24(23)26(28)29/h9-10,17-20H,2-8,11-16,21-22H2,1H3/b10-9-. The van der Waals surface area contributed by atoms with Crippen LogP contribution in [0.3, 0.4) is 0 Å². The molecule has 0 N–H and O–H groups in total. The van der Waals surface area contributed by atoms with Crippen LogP contribution in [0.15, 0.2) is 36.4 Å². The van der Waals surface area contributed by atoms with E-state index in [4.69, 9.17) is 4.74 Å². The van der Waals surface area contributed by atoms with Gasteiger partial charge in [-0.1, -0.05) is 82.6 Å². The highest BCUT2D eigenvalue weighted by Crippen LogP contribution is 2.19. The summed E-state index contributed by atoms with van der Waals surface area (Å²) in [6.07, 6.45) is 20.8. The van der Waals surface area contributed by atoms with E-state index in [1.54, 1.807) is 18.2 Å². The molecule has 30 heavy (non-hydrogen) atoms. The van der Waals surface area contributed by atoms with Gasteiger partial charge in [-0.2, -0.15) is 0 Å². The molecule has 0 aliphatic rings. The molecule has 1 aromatic rings. The number of esters is 1. The van der Waals surface area contributed by atoms with Crippen molar-refractivity contribution in [3.8, 4) is 0 Å². The Labute approximate surface area is 182 Å². The lowest BCUT2D eigenvalue weighted by Crippen LogP contribution is -2.05. The van der Waals surface area contributed by atoms with Crippen LogP contribution in [-0.2, 0) is 16.1 Å². The lowest BCUT2D eigenvalue weighted by Gasteiger charge is -2.05. The second kappa shape index (κ2) is 17.7. The molecule has 1 rings (SSSR count). The molecule has 5 heteroatoms. The maximum absolute atomic E-state index is 11.8. The second-order valence-electron chi connectivity index (χ2n) is 7.88. The third-order valence-corrected chi connectivity index (χ3v) is 5.22. The van der Waals surface area contributed by atoms with Crippen molar-refractivity contribution in [2.75, 3.05) is 0 Å². The minimum absolute atomic E-state index is 0.00803. The summed E-state index contributed by atoms with van der Waals surface area (Å²) in [6.45, 7) is 2.21. The van der Waals surface area contributed by atoms with Gasteiger partial charge in [0.15, 0.2) is 0 Å². The van der Waals surface area contributed by atoms with E-state index in [1.165, 1.54) is 63.9 Å². The fourth-order valence-electron chi connectivity index (χ4n) is 3.38. The van der Waals surface area contributed by atoms with Gasteiger partial charge in [0.1, 0.15) is 6.61 Å². The summed E-state index contributed by atoms with van der Waals surface area (Å²) in [7, 11) is 0. The highest BCUT2D eigenvalue weighted by molar-refractivity contribution is 5.69. The first-order valence-electron chi connectivity index (χ1n) is 11.7. The molecule has 0 saturated carbocycles. The number of nitrogens with zero attached hydrogens (tertiary/aromatic N) is 1. The Bertz CT molecular complexity index is 627. The molecule has 0 unspecified atom stereocenters. The van der Waals surface area contributed by atoms with E-state index in [-0.39, 0.29) is 18.3 Å². The number of nitro benzene ring substituents is 1. The highest BCUT2D eigenvalue weighted by Gasteiger charge is 2.13. The normalized spacial score (nSPS) is 11.1. The minimum atomic E-state index is -0.451. The van der Waals surface area contributed by atoms with Crippen LogP contribution in [0.4, 0.5) is 5.69 Å². The molecule has 0 radical (unpaired) electrons. The molecular weight excluding hydrogens is 378 g/mol. The maximum Gasteiger partial charge on any atom is 0.306 e. The summed E-state index contributed by atoms with van der Waals surface area (Å²) in [5, 5.41) is 11.0. The minimum Gasteiger partial charge on any atom is -0.461 e. The first-order valence-corrected chi connectivity index (χ1v) is 11.7. The fourth-order valence-corrected chi connectivity index (χ4v) is 3.38. The first-order chi connectivity index (χ1) is 14.6. The lowest BCUT2D eigenvalue weighted by molar-refractivity contribution is -0.385. The van der Waals surface area contributed by atoms with E-state index in [9.17, 15) is 14.9 Å². The average molecular weight is 418 g/mol. The molecule has 0 saturated heterocycles. The second-order valence-corrected chi connectivity index (χ2v) is 7.88. The Morgan fingerprint density at radius 3 is 2.10 bits per heavy atom. The van der Waals surface area contributed by atoms with Crippen LogP contribution in [0.1, 0.15) is 102 Å². The summed E-state index contributed by atoms with van der Waals surface area (Å²) in [4.78, 5) is 22.3. The number of hydrogen-bond acceptors (Lipinski definition) is 4. The number of ether oxygens (including phenoxy) is 1. The summed E-state index contributed by atoms with van der Waals surface area (Å²) in [5.41, 5.74) is 0.423. The van der Waals surface area contributed by atoms with Gasteiger partial charge in [-0.05, 0) is 38.2 Å². The number of carbonyl (C=O) groups excluding carboxylic acids is 1. The van der Waals surface area contributed by atoms with Crippen LogP contribution in [0.2, 0.25) is 0 Å². The summed E-state index contributed by atoms with van der Waals surface area (Å²) in [6, 6.07) is 6.36. The molecule has 0 heterocycles. The van der Waals surface area contributed by atoms with Crippen molar-refractivity contribution in [2.24, 2.45) is 0 Å². The fraction of sp³-hybridized carbons (Fsp3) is 0.640. The quantitative estimate of drug-likeness (QED) is 0.0807. The van der Waals surface area contributed by atoms with Gasteiger partial charge in [0.2, 0.25) is 0 Å². The topological polar surface area (TPSA) is 69.4 Å². The monoisotopic (exact) mass is 417 g/mol. The zero-order valence-electron chi connectivity index (χ0n) is 18.7. The van der Waals surface area contributed by atoms with Crippen molar-refractivity contribution < 1.29 is 14.5 Å². The largest absolute Gasteiger partial charge is 0.461 e. The van der Waals surface area contributed by atoms with Gasteiger partial charge in [-0.15, -0.1) is 0 Å². The molecule has 0 atom stereocenters. The zero-order chi connectivity index (χ0) is 21.9. The predicted octanol–water partition coefficient (Wildman–Crippen LogP) is 7.68. The number of hydrogen-bond donors (Lipinski definition) is 0. The molecule has 0 aromatic heterocycles. The number of nitro groups is 1. The summed E-state index contributed by atoms with van der Waals surface area (Å²) >= 11 is 0. The Morgan fingerprint density at radius 2 is 1.47 bits per heavy atom. The van der Waals surface area contributed by atoms with Crippen molar-refractivity contribution in [3.63, 3.8) is 0 Å². The van der Waals surface area contributed by atoms with Gasteiger partial charge in [0.25, 0.3) is 5.69 Å². The number of unbranched alkanes of at least 4 members (excludes halogenated alkanes) is 11. The molecule has 0 aliphatic heterocycles. The number of para-hydroxylation sites is 1. The average Bonchev–Trinajstić information content (AvgIpc) is 2.75. The van der Waals surface area contributed by atoms with Crippen LogP contribution in [0, 0.1) is 10.1 Å². The molecule has 1 aromatic carbocycles. The van der Waals surface area contributed by atoms with Crippen molar-refractivity contribution >= 4 is 11.7 Å². The molecule has 168 valence electrons. The van der Waals surface area contributed by atoms with Gasteiger partial charge in [0.05, 0.1) is 10.5 Å². The van der Waals surface area contributed by atoms with Crippen LogP contribution in [-0.4, -0.2) is 10.9 Å². The first kappa shape index (κ1) is 25.9. The molecule has 0 bridgehead atoms. The van der Waals surface area contributed by atoms with Gasteiger partial charge < -0.3 is 4.74 Å². The lowest BCUT2D eigenvalue weighted by atomic mass is 10.1. The summed E-state index contributed by atoms with van der Waals surface area (Å²) in [5.74, 6) is -0.286. The Kier molecular flexibility index (Phi) is 15.2. The van der Waals surface area contributed by atoms with Crippen LogP contribution >= 0.6 is 0 Å². The van der Waals surface area contributed by atoms with Crippen molar-refractivity contribution in [2.45, 2.75) is 103 Å². The van der Waals surface area contributed by atoms with Gasteiger partial charge in [-0.3, -0.25) is 14.9 Å². The third-order valence-electron chi connectivity index (χ3n) is 5.22. The maximum atomic E-state index is 11.8. The molecule has 0 amide bonds. The SMILES string of the molecule is CCCCCCCC/C=C\CCCCCCCC(=O)OCc1ccccc1[N+](=O)[O-]. The van der Waals surface area contributed by atoms with E-state index in [0.29, 0.717) is 12.0 Å². The molecular formula is C25H39NO4. The van der Waals surface area contributed by atoms with Crippen LogP contribution < -0.4 is 0 Å². The predicted molar refractivity (Wildman–Crippen MR) is 122 cm³/mol. The third kappa shape index (κ3) is 13.1. The van der Waals surface area contributed by atoms with Gasteiger partial charge >= 0.3 is 5.97 Å². The van der Waals surface area contributed by atoms with E-state index in [2.05, 4.69) is 19.1 Å². The molecule has 0 fully saturated rings. The number of rotatable bonds is 18. The van der Waals surface area contributed by atoms with E-state index < -0.39 is 4.92 Å². The molecule has 5 nitrogen and oxygen atoms in total. The smallest absolute Gasteiger partial charge is 0.306 e. The van der Waals surface area contributed by atoms with E-state index >= 15 is 0 Å². The van der Waals surface area contributed by atoms with Crippen molar-refractivity contribution in [1.82, 2.24) is 0 Å². The number of carbonyl (C=O) groups is 1. The number of benzene rings is 1. The van der Waals surface area contributed by atoms with E-state index in [1.807, 2.05) is 0 Å². The molecule has 0 aliphatic carbocycles. The van der Waals surface area contributed by atoms with Crippen molar-refractivity contribution in [3.05, 3.63) is 52.1 Å². The van der Waals surface area contributed by atoms with Gasteiger partial charge in [-0.25, -0.2) is 0 Å². The van der Waals surface area contributed by atoms with Crippen LogP contribution in [0.5, 0.6) is 0 Å². The number of allylic oxidation sites excluding steroid dienone is 2. The zero-order valence-corrected chi connectivity index (χ0v) is 18.7.